The number of hydrogen-bond acceptors (Lipinski definition) is 5. The van der Waals surface area contributed by atoms with Crippen LogP contribution in [0.25, 0.3) is 0 Å². The van der Waals surface area contributed by atoms with E-state index < -0.39 is 5.97 Å². The molecule has 5 heteroatoms. The van der Waals surface area contributed by atoms with E-state index in [9.17, 15) is 4.79 Å². The number of aryl methyl sites for hydroxylation is 1. The van der Waals surface area contributed by atoms with E-state index in [0.717, 1.165) is 6.42 Å². The molecule has 1 aromatic rings. The quantitative estimate of drug-likeness (QED) is 0.536. The highest BCUT2D eigenvalue weighted by atomic mass is 16.5. The molecule has 0 saturated carbocycles. The topological polar surface area (TPSA) is 61.6 Å². The van der Waals surface area contributed by atoms with Crippen LogP contribution >= 0.6 is 0 Å². The Hall–Kier alpha value is -1.36. The maximum absolute atomic E-state index is 11.8. The van der Waals surface area contributed by atoms with Crippen LogP contribution in [0, 0.1) is 5.92 Å². The predicted molar refractivity (Wildman–Crippen MR) is 71.2 cm³/mol. The molecule has 19 heavy (non-hydrogen) atoms. The van der Waals surface area contributed by atoms with Gasteiger partial charge in [-0.1, -0.05) is 13.8 Å². The minimum absolute atomic E-state index is 0.253. The molecule has 0 fully saturated rings. The van der Waals surface area contributed by atoms with E-state index >= 15 is 0 Å². The molecule has 0 N–H and O–H groups in total. The lowest BCUT2D eigenvalue weighted by Crippen LogP contribution is -2.08. The number of hydrogen-bond donors (Lipinski definition) is 0. The summed E-state index contributed by atoms with van der Waals surface area (Å²) in [6.45, 7) is 6.91. The SMILES string of the molecule is CCOC(=O)c1oc(CCCOC)nc1CC(C)C. The van der Waals surface area contributed by atoms with Gasteiger partial charge in [-0.05, 0) is 25.7 Å². The van der Waals surface area contributed by atoms with Crippen LogP contribution in [-0.2, 0) is 22.3 Å². The van der Waals surface area contributed by atoms with Gasteiger partial charge in [0.15, 0.2) is 5.89 Å². The number of methoxy groups -OCH3 is 1. The summed E-state index contributed by atoms with van der Waals surface area (Å²) < 4.78 is 15.5. The highest BCUT2D eigenvalue weighted by Gasteiger charge is 2.21. The standard InChI is InChI=1S/C14H23NO4/c1-5-18-14(16)13-11(9-10(2)3)15-12(19-13)7-6-8-17-4/h10H,5-9H2,1-4H3. The molecule has 0 unspecified atom stereocenters. The van der Waals surface area contributed by atoms with Gasteiger partial charge < -0.3 is 13.9 Å². The lowest BCUT2D eigenvalue weighted by atomic mass is 10.1. The zero-order valence-electron chi connectivity index (χ0n) is 12.2. The highest BCUT2D eigenvalue weighted by Crippen LogP contribution is 2.17. The van der Waals surface area contributed by atoms with Gasteiger partial charge >= 0.3 is 5.97 Å². The van der Waals surface area contributed by atoms with Crippen LogP contribution in [0.5, 0.6) is 0 Å². The Kier molecular flexibility index (Phi) is 6.56. The predicted octanol–water partition coefficient (Wildman–Crippen LogP) is 2.63. The van der Waals surface area contributed by atoms with Crippen molar-refractivity contribution in [1.82, 2.24) is 4.98 Å². The normalized spacial score (nSPS) is 11.0. The van der Waals surface area contributed by atoms with E-state index in [1.807, 2.05) is 0 Å². The Morgan fingerprint density at radius 3 is 2.74 bits per heavy atom. The van der Waals surface area contributed by atoms with E-state index in [1.54, 1.807) is 14.0 Å². The van der Waals surface area contributed by atoms with Crippen molar-refractivity contribution in [2.45, 2.75) is 40.0 Å². The maximum atomic E-state index is 11.8. The number of esters is 1. The number of carbonyl (C=O) groups excluding carboxylic acids is 1. The van der Waals surface area contributed by atoms with Crippen molar-refractivity contribution >= 4 is 5.97 Å². The molecule has 108 valence electrons. The lowest BCUT2D eigenvalue weighted by Gasteiger charge is -2.02. The van der Waals surface area contributed by atoms with Crippen LogP contribution in [0.1, 0.15) is 49.3 Å². The van der Waals surface area contributed by atoms with Crippen LogP contribution < -0.4 is 0 Å². The largest absolute Gasteiger partial charge is 0.460 e. The van der Waals surface area contributed by atoms with Gasteiger partial charge in [0.05, 0.1) is 12.3 Å². The summed E-state index contributed by atoms with van der Waals surface area (Å²) in [6, 6.07) is 0. The summed E-state index contributed by atoms with van der Waals surface area (Å²) >= 11 is 0. The van der Waals surface area contributed by atoms with Crippen molar-refractivity contribution in [3.8, 4) is 0 Å². The van der Waals surface area contributed by atoms with Crippen LogP contribution in [0.15, 0.2) is 4.42 Å². The zero-order chi connectivity index (χ0) is 14.3. The molecular weight excluding hydrogens is 246 g/mol. The summed E-state index contributed by atoms with van der Waals surface area (Å²) in [5.41, 5.74) is 0.695. The van der Waals surface area contributed by atoms with Crippen LogP contribution in [0.2, 0.25) is 0 Å². The van der Waals surface area contributed by atoms with E-state index in [4.69, 9.17) is 13.9 Å². The molecule has 1 aromatic heterocycles. The summed E-state index contributed by atoms with van der Waals surface area (Å²) in [4.78, 5) is 16.2. The maximum Gasteiger partial charge on any atom is 0.376 e. The van der Waals surface area contributed by atoms with Crippen molar-refractivity contribution < 1.29 is 18.7 Å². The molecule has 1 rings (SSSR count). The third-order valence-electron chi connectivity index (χ3n) is 2.54. The molecule has 0 spiro atoms. The number of rotatable bonds is 8. The Balaban J connectivity index is 2.82. The first kappa shape index (κ1) is 15.7. The lowest BCUT2D eigenvalue weighted by molar-refractivity contribution is 0.0486. The van der Waals surface area contributed by atoms with E-state index in [0.29, 0.717) is 43.6 Å². The Labute approximate surface area is 114 Å². The number of carbonyl (C=O) groups is 1. The second kappa shape index (κ2) is 7.94. The van der Waals surface area contributed by atoms with Gasteiger partial charge in [0.1, 0.15) is 0 Å². The molecule has 0 aliphatic heterocycles. The van der Waals surface area contributed by atoms with Crippen LogP contribution in [0.4, 0.5) is 0 Å². The van der Waals surface area contributed by atoms with Gasteiger partial charge in [-0.25, -0.2) is 9.78 Å². The van der Waals surface area contributed by atoms with E-state index in [1.165, 1.54) is 0 Å². The smallest absolute Gasteiger partial charge is 0.376 e. The molecule has 0 atom stereocenters. The third-order valence-corrected chi connectivity index (χ3v) is 2.54. The van der Waals surface area contributed by atoms with Gasteiger partial charge in [-0.3, -0.25) is 0 Å². The van der Waals surface area contributed by atoms with E-state index in [-0.39, 0.29) is 5.76 Å². The average Bonchev–Trinajstić information content (AvgIpc) is 2.72. The second-order valence-corrected chi connectivity index (χ2v) is 4.80. The molecule has 0 aromatic carbocycles. The Bertz CT molecular complexity index is 398. The van der Waals surface area contributed by atoms with Crippen LogP contribution in [-0.4, -0.2) is 31.3 Å². The molecule has 0 aliphatic rings. The van der Waals surface area contributed by atoms with Crippen molar-refractivity contribution in [1.29, 1.82) is 0 Å². The number of oxazole rings is 1. The van der Waals surface area contributed by atoms with Crippen LogP contribution in [0.3, 0.4) is 0 Å². The van der Waals surface area contributed by atoms with Crippen molar-refractivity contribution in [2.75, 3.05) is 20.3 Å². The fourth-order valence-corrected chi connectivity index (χ4v) is 1.76. The molecule has 5 nitrogen and oxygen atoms in total. The van der Waals surface area contributed by atoms with Gasteiger partial charge in [0, 0.05) is 20.1 Å². The summed E-state index contributed by atoms with van der Waals surface area (Å²) in [7, 11) is 1.66. The first-order valence-electron chi connectivity index (χ1n) is 6.73. The third kappa shape index (κ3) is 5.03. The first-order valence-corrected chi connectivity index (χ1v) is 6.73. The van der Waals surface area contributed by atoms with Crippen molar-refractivity contribution in [2.24, 2.45) is 5.92 Å². The fraction of sp³-hybridized carbons (Fsp3) is 0.714. The molecule has 1 heterocycles. The van der Waals surface area contributed by atoms with Crippen molar-refractivity contribution in [3.05, 3.63) is 17.3 Å². The van der Waals surface area contributed by atoms with Gasteiger partial charge in [-0.2, -0.15) is 0 Å². The molecule has 0 radical (unpaired) electrons. The monoisotopic (exact) mass is 269 g/mol. The average molecular weight is 269 g/mol. The minimum Gasteiger partial charge on any atom is -0.460 e. The van der Waals surface area contributed by atoms with Crippen molar-refractivity contribution in [3.63, 3.8) is 0 Å². The summed E-state index contributed by atoms with van der Waals surface area (Å²) in [5, 5.41) is 0. The summed E-state index contributed by atoms with van der Waals surface area (Å²) in [5.74, 6) is 0.812. The fourth-order valence-electron chi connectivity index (χ4n) is 1.76. The molecule has 0 amide bonds. The molecule has 0 aliphatic carbocycles. The van der Waals surface area contributed by atoms with Gasteiger partial charge in [0.25, 0.3) is 0 Å². The number of aromatic nitrogens is 1. The summed E-state index contributed by atoms with van der Waals surface area (Å²) in [6.07, 6.45) is 2.20. The van der Waals surface area contributed by atoms with Gasteiger partial charge in [-0.15, -0.1) is 0 Å². The second-order valence-electron chi connectivity index (χ2n) is 4.80. The number of nitrogens with zero attached hydrogens (tertiary/aromatic N) is 1. The molecule has 0 saturated heterocycles. The van der Waals surface area contributed by atoms with Gasteiger partial charge in [0.2, 0.25) is 5.76 Å². The molecular formula is C14H23NO4. The van der Waals surface area contributed by atoms with E-state index in [2.05, 4.69) is 18.8 Å². The minimum atomic E-state index is -0.427. The number of ether oxygens (including phenoxy) is 2. The molecule has 0 bridgehead atoms. The Morgan fingerprint density at radius 2 is 2.16 bits per heavy atom. The Morgan fingerprint density at radius 1 is 1.42 bits per heavy atom. The highest BCUT2D eigenvalue weighted by molar-refractivity contribution is 5.87. The zero-order valence-corrected chi connectivity index (χ0v) is 12.2. The first-order chi connectivity index (χ1) is 9.08.